The third-order valence-corrected chi connectivity index (χ3v) is 21.8. The lowest BCUT2D eigenvalue weighted by molar-refractivity contribution is -1.36. The van der Waals surface area contributed by atoms with Gasteiger partial charge in [0, 0.05) is 65.0 Å². The fraction of sp³-hybridized carbons (Fsp3) is 0.743. The van der Waals surface area contributed by atoms with Crippen LogP contribution in [-0.4, -0.2) is 386 Å². The van der Waals surface area contributed by atoms with Gasteiger partial charge < -0.3 is 105 Å². The lowest BCUT2D eigenvalue weighted by Crippen LogP contribution is -2.86. The number of nitrogens with zero attached hydrogens (tertiary/aromatic N) is 9. The highest BCUT2D eigenvalue weighted by Gasteiger charge is 3.01. The number of piperazine rings is 1. The molecule has 6 heterocycles. The Hall–Kier alpha value is -8.19. The molecule has 2 aromatic rings. The number of aromatic nitrogens is 3. The minimum absolute atomic E-state index is 0.0360. The number of aliphatic carboxylic acids is 8. The zero-order valence-corrected chi connectivity index (χ0v) is 65.1. The maximum Gasteiger partial charge on any atom is 0.483 e. The maximum absolute atomic E-state index is 13.2. The second-order valence-corrected chi connectivity index (χ2v) is 29.6. The number of urea groups is 1. The van der Waals surface area contributed by atoms with Crippen molar-refractivity contribution in [2.45, 2.75) is 133 Å². The second-order valence-electron chi connectivity index (χ2n) is 29.6. The van der Waals surface area contributed by atoms with E-state index in [2.05, 4.69) is 31.1 Å². The summed E-state index contributed by atoms with van der Waals surface area (Å²) < 4.78 is 44.0. The molecule has 7 rings (SSSR count). The van der Waals surface area contributed by atoms with Gasteiger partial charge in [-0.15, -0.1) is 17.9 Å². The number of carboxylic acid groups (broad SMARTS) is 8. The molecule has 1 aromatic carbocycles. The Morgan fingerprint density at radius 3 is 1.40 bits per heavy atom. The van der Waals surface area contributed by atoms with E-state index in [1.54, 1.807) is 0 Å². The van der Waals surface area contributed by atoms with Crippen LogP contribution in [0.15, 0.2) is 24.3 Å². The summed E-state index contributed by atoms with van der Waals surface area (Å²) in [6, 6.07) is 3.57. The molecule has 0 aliphatic carbocycles. The molecular weight excluding hydrogens is 1490 g/mol. The number of carbonyl (C=O) groups excluding carboxylic acids is 2. The summed E-state index contributed by atoms with van der Waals surface area (Å²) in [6.07, 6.45) is 9.08. The van der Waals surface area contributed by atoms with Crippen LogP contribution in [0, 0.1) is 0 Å². The van der Waals surface area contributed by atoms with Crippen LogP contribution in [0.4, 0.5) is 16.7 Å². The molecular formula is C74H121N13O26+4. The Kier molecular flexibility index (Phi) is 38.8. The second kappa shape index (κ2) is 47.6. The molecule has 1 spiro atoms. The number of hydrogen-bond acceptors (Lipinski definition) is 24. The van der Waals surface area contributed by atoms with Crippen molar-refractivity contribution in [3.63, 3.8) is 0 Å². The van der Waals surface area contributed by atoms with Crippen LogP contribution in [-0.2, 0) is 93.9 Å². The summed E-state index contributed by atoms with van der Waals surface area (Å²) in [4.78, 5) is 141. The van der Waals surface area contributed by atoms with E-state index in [9.17, 15) is 78.6 Å². The molecule has 113 heavy (non-hydrogen) atoms. The van der Waals surface area contributed by atoms with Crippen molar-refractivity contribution in [1.82, 2.24) is 35.8 Å². The molecule has 8 atom stereocenters. The Balaban J connectivity index is 0.835. The first-order valence-electron chi connectivity index (χ1n) is 39.6. The molecule has 0 radical (unpaired) electrons. The number of carboxylic acids is 8. The maximum atomic E-state index is 13.2. The Bertz CT molecular complexity index is 3330. The van der Waals surface area contributed by atoms with Crippen LogP contribution in [0.1, 0.15) is 113 Å². The summed E-state index contributed by atoms with van der Waals surface area (Å²) in [5, 5.41) is 89.2. The van der Waals surface area contributed by atoms with E-state index in [0.717, 1.165) is 82.1 Å². The zero-order valence-electron chi connectivity index (χ0n) is 65.1. The van der Waals surface area contributed by atoms with Crippen LogP contribution in [0.2, 0.25) is 0 Å². The Morgan fingerprint density at radius 2 is 0.894 bits per heavy atom. The minimum atomic E-state index is -1.50. The number of hydrogen-bond donors (Lipinski definition) is 12. The number of benzene rings is 1. The molecule has 5 aliphatic rings. The number of unbranched alkanes of at least 4 members (excludes halogenated alkanes) is 8. The highest BCUT2D eigenvalue weighted by Crippen LogP contribution is 2.64. The first-order chi connectivity index (χ1) is 54.4. The fourth-order valence-electron chi connectivity index (χ4n) is 17.2. The van der Waals surface area contributed by atoms with Crippen molar-refractivity contribution in [2.75, 3.05) is 234 Å². The van der Waals surface area contributed by atoms with Gasteiger partial charge in [0.15, 0.2) is 32.2 Å². The van der Waals surface area contributed by atoms with Crippen LogP contribution >= 0.6 is 0 Å². The van der Waals surface area contributed by atoms with E-state index < -0.39 is 90.8 Å². The summed E-state index contributed by atoms with van der Waals surface area (Å²) in [5.74, 6) is -9.36. The lowest BCUT2D eigenvalue weighted by atomic mass is 10.0. The minimum Gasteiger partial charge on any atom is -0.481 e. The molecule has 5 saturated heterocycles. The van der Waals surface area contributed by atoms with E-state index in [4.69, 9.17) is 63.1 Å². The van der Waals surface area contributed by atoms with Crippen molar-refractivity contribution >= 4 is 71.6 Å². The van der Waals surface area contributed by atoms with Gasteiger partial charge in [-0.05, 0) is 56.2 Å². The highest BCUT2D eigenvalue weighted by atomic mass is 16.6. The van der Waals surface area contributed by atoms with Crippen LogP contribution in [0.25, 0.3) is 0 Å². The number of amides is 3. The molecule has 634 valence electrons. The zero-order chi connectivity index (χ0) is 81.5. The van der Waals surface area contributed by atoms with E-state index in [1.807, 2.05) is 24.3 Å². The molecule has 5 aliphatic heterocycles. The van der Waals surface area contributed by atoms with Crippen molar-refractivity contribution in [1.29, 1.82) is 0 Å². The van der Waals surface area contributed by atoms with Crippen LogP contribution in [0.5, 0.6) is 0 Å². The van der Waals surface area contributed by atoms with Crippen LogP contribution in [0.3, 0.4) is 0 Å². The average Bonchev–Trinajstić information content (AvgIpc) is 1.44. The molecule has 1 aromatic heterocycles. The predicted octanol–water partition coefficient (Wildman–Crippen LogP) is 0.654. The van der Waals surface area contributed by atoms with Crippen molar-refractivity contribution in [2.24, 2.45) is 0 Å². The Morgan fingerprint density at radius 1 is 0.442 bits per heavy atom. The average molecular weight is 1610 g/mol. The molecule has 3 amide bonds. The van der Waals surface area contributed by atoms with Gasteiger partial charge in [-0.2, -0.15) is 15.0 Å². The van der Waals surface area contributed by atoms with E-state index in [0.29, 0.717) is 195 Å². The smallest absolute Gasteiger partial charge is 0.481 e. The topological polar surface area (TPSA) is 500 Å². The largest absolute Gasteiger partial charge is 0.483 e. The van der Waals surface area contributed by atoms with Gasteiger partial charge in [-0.3, -0.25) is 19.3 Å². The molecule has 39 heteroatoms. The molecule has 12 N–H and O–H groups in total. The molecule has 0 saturated carbocycles. The number of rotatable bonds is 64. The first-order valence-corrected chi connectivity index (χ1v) is 39.6. The molecule has 5 fully saturated rings. The van der Waals surface area contributed by atoms with Crippen molar-refractivity contribution < 1.29 is 145 Å². The summed E-state index contributed by atoms with van der Waals surface area (Å²) in [5.41, 5.74) is 1.76. The van der Waals surface area contributed by atoms with Gasteiger partial charge in [-0.1, -0.05) is 62.8 Å². The monoisotopic (exact) mass is 1610 g/mol. The van der Waals surface area contributed by atoms with E-state index >= 15 is 0 Å². The Labute approximate surface area is 657 Å². The molecule has 0 bridgehead atoms. The SMILES string of the molecule is O=C(O)CCOCCOCCOCCOCCOCCOCCOCCOCCNc1nc(Cc2ccc(CC3C[N@@+]4(CC(=O)O)CC[N+]5(CC(=O)O)CC[N@@+]6(CC(=O)O)CC[N@+]3(CC(=O)O)C564)cc2)nc(N2CCN(CCCCCCCCCCC(=O)NCCCC[C@H](NC(=O)N[C@@H](CCC(=O)O)C(=O)O)C(=O)O)CC2)n1. The van der Waals surface area contributed by atoms with Crippen molar-refractivity contribution in [3.05, 3.63) is 41.2 Å². The number of nitrogens with one attached hydrogen (secondary N) is 4. The number of quaternary nitrogens is 4. The molecule has 39 nitrogen and oxygen atoms in total. The molecule has 3 unspecified atom stereocenters. The lowest BCUT2D eigenvalue weighted by Gasteiger charge is -2.50. The normalized spacial score (nSPS) is 22.1. The third-order valence-electron chi connectivity index (χ3n) is 21.8. The third kappa shape index (κ3) is 28.1. The first kappa shape index (κ1) is 92.0. The summed E-state index contributed by atoms with van der Waals surface area (Å²) >= 11 is 0. The van der Waals surface area contributed by atoms with Gasteiger partial charge in [0.05, 0.1) is 112 Å². The standard InChI is InChI=1S/C74H117N13O26/c88-62(75-20-9-8-11-59(69(101)102)77-73(105)78-60(70(103)104)17-18-63(89)90)12-7-5-3-1-2-4-6-10-22-82-23-25-83(26-24-82)72-80-61(79-71(81-72)76-21-34-107-36-38-109-40-42-111-44-46-113-48-47-112-45-43-110-41-39-108-37-35-106-33-19-64(91)92)50-57-15-13-56(14-16-57)49-58-51-86(54-67(97)98)30-29-84(52-65(93)94)27-28-85(53-66(95)96)31-32-87(58,55-68(99)100)74(84,85)86/h13-16,58-60H,1-12,17-55H2,(H8-4,75,76,77,78,79,80,81,88,89,90,91,92,93,94,95,96,97,98,99,100,101,102,103,104,105)/p+4/t58?,59-,60-,74?,84?,85-,86+,87+/m0/s1. The van der Waals surface area contributed by atoms with Gasteiger partial charge in [0.25, 0.3) is 0 Å². The number of anilines is 2. The van der Waals surface area contributed by atoms with Gasteiger partial charge in [0.1, 0.15) is 63.7 Å². The summed E-state index contributed by atoms with van der Waals surface area (Å²) in [7, 11) is 0. The van der Waals surface area contributed by atoms with Gasteiger partial charge in [0.2, 0.25) is 17.8 Å². The van der Waals surface area contributed by atoms with Gasteiger partial charge >= 0.3 is 59.7 Å². The summed E-state index contributed by atoms with van der Waals surface area (Å²) in [6.45, 7) is 11.0. The fourth-order valence-corrected chi connectivity index (χ4v) is 17.2. The van der Waals surface area contributed by atoms with Crippen molar-refractivity contribution in [3.8, 4) is 0 Å². The number of carbonyl (C=O) groups is 10. The van der Waals surface area contributed by atoms with Gasteiger partial charge in [-0.25, -0.2) is 33.6 Å². The quantitative estimate of drug-likeness (QED) is 0.0320. The highest BCUT2D eigenvalue weighted by molar-refractivity contribution is 5.86. The predicted molar refractivity (Wildman–Crippen MR) is 400 cm³/mol. The van der Waals surface area contributed by atoms with E-state index in [1.165, 1.54) is 0 Å². The number of ether oxygens (including phenoxy) is 8. The van der Waals surface area contributed by atoms with Crippen LogP contribution < -0.4 is 26.2 Å². The van der Waals surface area contributed by atoms with E-state index in [-0.39, 0.29) is 95.5 Å².